The van der Waals surface area contributed by atoms with Crippen LogP contribution in [0.4, 0.5) is 0 Å². The third-order valence-electron chi connectivity index (χ3n) is 1.35. The molecule has 0 amide bonds. The third-order valence-corrected chi connectivity index (χ3v) is 1.35. The van der Waals surface area contributed by atoms with E-state index < -0.39 is 0 Å². The Bertz CT molecular complexity index is 176. The summed E-state index contributed by atoms with van der Waals surface area (Å²) in [4.78, 5) is 0. The van der Waals surface area contributed by atoms with Gasteiger partial charge in [0, 0.05) is 6.20 Å². The van der Waals surface area contributed by atoms with Crippen LogP contribution >= 0.6 is 0 Å². The van der Waals surface area contributed by atoms with Gasteiger partial charge in [-0.1, -0.05) is 32.1 Å². The lowest BCUT2D eigenvalue weighted by atomic mass is 9.97. The zero-order valence-corrected chi connectivity index (χ0v) is 7.41. The predicted molar refractivity (Wildman–Crippen MR) is 45.0 cm³/mol. The van der Waals surface area contributed by atoms with E-state index in [1.165, 1.54) is 0 Å². The molecule has 1 rings (SSSR count). The van der Waals surface area contributed by atoms with Crippen LogP contribution in [0.25, 0.3) is 0 Å². The molecule has 0 spiro atoms. The molecule has 0 atom stereocenters. The maximum Gasteiger partial charge on any atom is 0.0817 e. The molecule has 0 aromatic carbocycles. The van der Waals surface area contributed by atoms with Crippen molar-refractivity contribution < 1.29 is 0 Å². The van der Waals surface area contributed by atoms with Crippen molar-refractivity contribution in [3.8, 4) is 0 Å². The van der Waals surface area contributed by atoms with Gasteiger partial charge in [-0.05, 0) is 5.41 Å². The van der Waals surface area contributed by atoms with Crippen LogP contribution in [0.15, 0.2) is 22.6 Å². The largest absolute Gasteiger partial charge is 0.253 e. The van der Waals surface area contributed by atoms with Crippen molar-refractivity contribution in [3.63, 3.8) is 0 Å². The van der Waals surface area contributed by atoms with Gasteiger partial charge in [0.25, 0.3) is 0 Å². The van der Waals surface area contributed by atoms with E-state index in [2.05, 4.69) is 37.2 Å². The molecule has 0 N–H and O–H groups in total. The maximum atomic E-state index is 3.91. The molecule has 0 fully saturated rings. The molecule has 0 bridgehead atoms. The van der Waals surface area contributed by atoms with Crippen LogP contribution in [-0.2, 0) is 0 Å². The quantitative estimate of drug-likeness (QED) is 0.567. The molecule has 0 saturated heterocycles. The minimum absolute atomic E-state index is 0.234. The van der Waals surface area contributed by atoms with Crippen LogP contribution in [0, 0.1) is 5.41 Å². The fourth-order valence-electron chi connectivity index (χ4n) is 0.732. The smallest absolute Gasteiger partial charge is 0.0817 e. The first-order valence-electron chi connectivity index (χ1n) is 3.91. The predicted octanol–water partition coefficient (Wildman–Crippen LogP) is 2.23. The number of allylic oxidation sites excluding steroid dienone is 1. The van der Waals surface area contributed by atoms with Gasteiger partial charge in [0.2, 0.25) is 0 Å². The molecule has 0 radical (unpaired) electrons. The molecule has 0 aromatic rings. The molecule has 1 aliphatic rings. The molecule has 3 nitrogen and oxygen atoms in total. The van der Waals surface area contributed by atoms with Gasteiger partial charge in [0.05, 0.1) is 13.1 Å². The van der Waals surface area contributed by atoms with E-state index in [1.807, 2.05) is 11.2 Å². The summed E-state index contributed by atoms with van der Waals surface area (Å²) >= 11 is 0. The molecular formula is C8H15N3. The molecule has 0 saturated carbocycles. The van der Waals surface area contributed by atoms with Crippen molar-refractivity contribution in [2.24, 2.45) is 15.8 Å². The highest BCUT2D eigenvalue weighted by atomic mass is 15.6. The molecular weight excluding hydrogens is 138 g/mol. The highest BCUT2D eigenvalue weighted by Gasteiger charge is 2.07. The molecule has 1 aliphatic heterocycles. The monoisotopic (exact) mass is 153 g/mol. The number of rotatable bonds is 1. The summed E-state index contributed by atoms with van der Waals surface area (Å²) in [5, 5.41) is 9.64. The van der Waals surface area contributed by atoms with Crippen LogP contribution in [0.5, 0.6) is 0 Å². The fourth-order valence-corrected chi connectivity index (χ4v) is 0.732. The van der Waals surface area contributed by atoms with Crippen LogP contribution in [0.2, 0.25) is 0 Å². The first-order valence-corrected chi connectivity index (χ1v) is 3.91. The third kappa shape index (κ3) is 3.16. The topological polar surface area (TPSA) is 28.0 Å². The zero-order valence-electron chi connectivity index (χ0n) is 7.41. The summed E-state index contributed by atoms with van der Waals surface area (Å²) in [7, 11) is 0. The Morgan fingerprint density at radius 3 is 2.55 bits per heavy atom. The maximum absolute atomic E-state index is 3.91. The second-order valence-electron chi connectivity index (χ2n) is 3.80. The van der Waals surface area contributed by atoms with Crippen molar-refractivity contribution in [1.29, 1.82) is 0 Å². The SMILES string of the molecule is CC(C)(C)C=CN1CCN=N1. The molecule has 3 heteroatoms. The fraction of sp³-hybridized carbons (Fsp3) is 0.750. The summed E-state index contributed by atoms with van der Waals surface area (Å²) in [6.45, 7) is 8.24. The Hall–Kier alpha value is -0.860. The summed E-state index contributed by atoms with van der Waals surface area (Å²) in [5.74, 6) is 0. The van der Waals surface area contributed by atoms with E-state index in [0.717, 1.165) is 13.1 Å². The lowest BCUT2D eigenvalue weighted by molar-refractivity contribution is 0.429. The molecule has 0 aliphatic carbocycles. The second kappa shape index (κ2) is 3.03. The van der Waals surface area contributed by atoms with Gasteiger partial charge in [-0.3, -0.25) is 5.01 Å². The van der Waals surface area contributed by atoms with Crippen LogP contribution in [-0.4, -0.2) is 18.1 Å². The Morgan fingerprint density at radius 1 is 1.36 bits per heavy atom. The van der Waals surface area contributed by atoms with Gasteiger partial charge in [-0.2, -0.15) is 5.11 Å². The number of nitrogens with zero attached hydrogens (tertiary/aromatic N) is 3. The highest BCUT2D eigenvalue weighted by Crippen LogP contribution is 2.15. The molecule has 0 aromatic heterocycles. The van der Waals surface area contributed by atoms with Crippen molar-refractivity contribution in [2.45, 2.75) is 20.8 Å². The van der Waals surface area contributed by atoms with Crippen molar-refractivity contribution in [2.75, 3.05) is 13.1 Å². The Balaban J connectivity index is 2.41. The summed E-state index contributed by atoms with van der Waals surface area (Å²) in [6.07, 6.45) is 4.13. The highest BCUT2D eigenvalue weighted by molar-refractivity contribution is 4.91. The van der Waals surface area contributed by atoms with E-state index >= 15 is 0 Å². The molecule has 11 heavy (non-hydrogen) atoms. The van der Waals surface area contributed by atoms with Crippen molar-refractivity contribution >= 4 is 0 Å². The minimum Gasteiger partial charge on any atom is -0.253 e. The van der Waals surface area contributed by atoms with E-state index in [4.69, 9.17) is 0 Å². The summed E-state index contributed by atoms with van der Waals surface area (Å²) < 4.78 is 0. The van der Waals surface area contributed by atoms with Gasteiger partial charge in [0.15, 0.2) is 0 Å². The van der Waals surface area contributed by atoms with Crippen LogP contribution < -0.4 is 0 Å². The molecule has 1 heterocycles. The molecule has 62 valence electrons. The number of hydrogen-bond acceptors (Lipinski definition) is 3. The second-order valence-corrected chi connectivity index (χ2v) is 3.80. The summed E-state index contributed by atoms with van der Waals surface area (Å²) in [6, 6.07) is 0. The molecule has 0 unspecified atom stereocenters. The van der Waals surface area contributed by atoms with Crippen LogP contribution in [0.3, 0.4) is 0 Å². The van der Waals surface area contributed by atoms with Crippen molar-refractivity contribution in [3.05, 3.63) is 12.3 Å². The van der Waals surface area contributed by atoms with Gasteiger partial charge in [0.1, 0.15) is 0 Å². The average molecular weight is 153 g/mol. The van der Waals surface area contributed by atoms with Crippen molar-refractivity contribution in [1.82, 2.24) is 5.01 Å². The van der Waals surface area contributed by atoms with Gasteiger partial charge < -0.3 is 0 Å². The number of hydrogen-bond donors (Lipinski definition) is 0. The lowest BCUT2D eigenvalue weighted by Crippen LogP contribution is -2.09. The van der Waals surface area contributed by atoms with Gasteiger partial charge in [-0.25, -0.2) is 0 Å². The Morgan fingerprint density at radius 2 is 2.09 bits per heavy atom. The van der Waals surface area contributed by atoms with E-state index in [9.17, 15) is 0 Å². The Kier molecular flexibility index (Phi) is 2.27. The van der Waals surface area contributed by atoms with Crippen LogP contribution in [0.1, 0.15) is 20.8 Å². The van der Waals surface area contributed by atoms with E-state index in [0.29, 0.717) is 0 Å². The Labute approximate surface area is 67.8 Å². The first kappa shape index (κ1) is 8.24. The van der Waals surface area contributed by atoms with E-state index in [1.54, 1.807) is 0 Å². The van der Waals surface area contributed by atoms with E-state index in [-0.39, 0.29) is 5.41 Å². The summed E-state index contributed by atoms with van der Waals surface area (Å²) in [5.41, 5.74) is 0.234. The zero-order chi connectivity index (χ0) is 8.32. The normalized spacial score (nSPS) is 18.6. The standard InChI is InChI=1S/C8H15N3/c1-8(2,3)4-6-11-7-5-9-10-11/h4,6H,5,7H2,1-3H3. The van der Waals surface area contributed by atoms with Gasteiger partial charge >= 0.3 is 0 Å². The lowest BCUT2D eigenvalue weighted by Gasteiger charge is -2.13. The van der Waals surface area contributed by atoms with Gasteiger partial charge in [-0.15, -0.1) is 0 Å². The minimum atomic E-state index is 0.234. The average Bonchev–Trinajstić information content (AvgIpc) is 2.32. The first-order chi connectivity index (χ1) is 5.08.